The Labute approximate surface area is 142 Å². The van der Waals surface area contributed by atoms with Crippen molar-refractivity contribution in [2.45, 2.75) is 31.2 Å². The van der Waals surface area contributed by atoms with Crippen LogP contribution in [0, 0.1) is 5.92 Å². The van der Waals surface area contributed by atoms with Gasteiger partial charge in [-0.05, 0) is 42.4 Å². The van der Waals surface area contributed by atoms with Crippen molar-refractivity contribution in [3.63, 3.8) is 0 Å². The van der Waals surface area contributed by atoms with Crippen molar-refractivity contribution in [3.8, 4) is 0 Å². The van der Waals surface area contributed by atoms with Gasteiger partial charge in [0, 0.05) is 48.8 Å². The number of nitrogens with one attached hydrogen (secondary N) is 1. The van der Waals surface area contributed by atoms with Gasteiger partial charge in [-0.1, -0.05) is 12.1 Å². The Morgan fingerprint density at radius 1 is 1.29 bits per heavy atom. The van der Waals surface area contributed by atoms with Gasteiger partial charge in [-0.15, -0.1) is 0 Å². The average Bonchev–Trinajstić information content (AvgIpc) is 3.03. The third-order valence-corrected chi connectivity index (χ3v) is 5.62. The number of hydrogen-bond acceptors (Lipinski definition) is 4. The zero-order valence-electron chi connectivity index (χ0n) is 13.9. The van der Waals surface area contributed by atoms with E-state index in [9.17, 15) is 5.11 Å². The molecular weight excluding hydrogens is 304 g/mol. The van der Waals surface area contributed by atoms with Crippen LogP contribution in [0.25, 0.3) is 10.9 Å². The largest absolute Gasteiger partial charge is 0.396 e. The number of benzene rings is 1. The van der Waals surface area contributed by atoms with E-state index in [2.05, 4.69) is 34.3 Å². The van der Waals surface area contributed by atoms with Crippen LogP contribution in [0.1, 0.15) is 29.9 Å². The van der Waals surface area contributed by atoms with Crippen molar-refractivity contribution < 1.29 is 14.9 Å². The third-order valence-electron chi connectivity index (χ3n) is 5.62. The highest BCUT2D eigenvalue weighted by Gasteiger charge is 2.40. The fourth-order valence-corrected chi connectivity index (χ4v) is 4.53. The number of aromatic amines is 1. The smallest absolute Gasteiger partial charge is 0.0993 e. The Morgan fingerprint density at radius 2 is 2.21 bits per heavy atom. The highest BCUT2D eigenvalue weighted by molar-refractivity contribution is 5.88. The van der Waals surface area contributed by atoms with Crippen LogP contribution in [0.5, 0.6) is 0 Å². The maximum absolute atomic E-state index is 9.75. The SMILES string of the molecule is OCCCOCN1C[C@H](CO)CC2c3cccc4[nH]cc(c34)C[C@H]21. The molecule has 130 valence electrons. The predicted molar refractivity (Wildman–Crippen MR) is 93.0 cm³/mol. The van der Waals surface area contributed by atoms with Crippen LogP contribution in [0.3, 0.4) is 0 Å². The second kappa shape index (κ2) is 6.84. The second-order valence-corrected chi connectivity index (χ2v) is 7.13. The molecule has 0 spiro atoms. The zero-order chi connectivity index (χ0) is 16.5. The first-order valence-electron chi connectivity index (χ1n) is 8.94. The fraction of sp³-hybridized carbons (Fsp3) is 0.579. The molecule has 5 heteroatoms. The summed E-state index contributed by atoms with van der Waals surface area (Å²) in [5, 5.41) is 20.1. The molecule has 2 aromatic rings. The highest BCUT2D eigenvalue weighted by Crippen LogP contribution is 2.44. The molecule has 1 aromatic carbocycles. The van der Waals surface area contributed by atoms with Crippen molar-refractivity contribution in [1.29, 1.82) is 0 Å². The van der Waals surface area contributed by atoms with E-state index in [1.165, 1.54) is 22.0 Å². The summed E-state index contributed by atoms with van der Waals surface area (Å²) >= 11 is 0. The number of likely N-dealkylation sites (tertiary alicyclic amines) is 1. The first-order valence-corrected chi connectivity index (χ1v) is 8.94. The summed E-state index contributed by atoms with van der Waals surface area (Å²) in [6.45, 7) is 2.44. The molecule has 3 N–H and O–H groups in total. The van der Waals surface area contributed by atoms with Crippen LogP contribution in [-0.4, -0.2) is 59.2 Å². The van der Waals surface area contributed by atoms with E-state index in [-0.39, 0.29) is 13.2 Å². The molecule has 1 aliphatic carbocycles. The van der Waals surface area contributed by atoms with E-state index < -0.39 is 0 Å². The molecule has 1 aromatic heterocycles. The summed E-state index contributed by atoms with van der Waals surface area (Å²) in [5.74, 6) is 0.743. The van der Waals surface area contributed by atoms with Crippen molar-refractivity contribution in [2.75, 3.05) is 33.1 Å². The zero-order valence-corrected chi connectivity index (χ0v) is 13.9. The van der Waals surface area contributed by atoms with Crippen molar-refractivity contribution >= 4 is 10.9 Å². The number of aliphatic hydroxyl groups excluding tert-OH is 2. The third kappa shape index (κ3) is 2.75. The number of hydrogen-bond donors (Lipinski definition) is 3. The van der Waals surface area contributed by atoms with Crippen molar-refractivity contribution in [3.05, 3.63) is 35.5 Å². The van der Waals surface area contributed by atoms with Crippen LogP contribution in [-0.2, 0) is 11.2 Å². The van der Waals surface area contributed by atoms with Gasteiger partial charge in [0.15, 0.2) is 0 Å². The normalized spacial score (nSPS) is 26.7. The number of piperidine rings is 1. The Morgan fingerprint density at radius 3 is 3.04 bits per heavy atom. The quantitative estimate of drug-likeness (QED) is 0.707. The molecule has 0 saturated carbocycles. The molecule has 0 amide bonds. The molecule has 24 heavy (non-hydrogen) atoms. The number of ether oxygens (including phenoxy) is 1. The lowest BCUT2D eigenvalue weighted by Crippen LogP contribution is -2.51. The molecule has 0 radical (unpaired) electrons. The number of aliphatic hydroxyl groups is 2. The topological polar surface area (TPSA) is 68.7 Å². The Bertz CT molecular complexity index is 699. The monoisotopic (exact) mass is 330 g/mol. The molecule has 0 bridgehead atoms. The highest BCUT2D eigenvalue weighted by atomic mass is 16.5. The predicted octanol–water partition coefficient (Wildman–Crippen LogP) is 1.85. The van der Waals surface area contributed by atoms with E-state index in [1.54, 1.807) is 0 Å². The summed E-state index contributed by atoms with van der Waals surface area (Å²) < 4.78 is 5.77. The Hall–Kier alpha value is -1.40. The molecule has 4 rings (SSSR count). The summed E-state index contributed by atoms with van der Waals surface area (Å²) in [6, 6.07) is 6.95. The van der Waals surface area contributed by atoms with Gasteiger partial charge >= 0.3 is 0 Å². The standard InChI is InChI=1S/C19H26N2O3/c22-5-2-6-24-12-21-10-13(11-23)7-16-15-3-1-4-17-19(15)14(9-20-17)8-18(16)21/h1,3-4,9,13,16,18,20,22-23H,2,5-8,10-12H2/t13-,16?,18-/m1/s1. The number of rotatable bonds is 6. The van der Waals surface area contributed by atoms with Crippen LogP contribution in [0.15, 0.2) is 24.4 Å². The minimum Gasteiger partial charge on any atom is -0.396 e. The summed E-state index contributed by atoms with van der Waals surface area (Å²) in [4.78, 5) is 5.79. The van der Waals surface area contributed by atoms with Crippen LogP contribution in [0.4, 0.5) is 0 Å². The van der Waals surface area contributed by atoms with Crippen molar-refractivity contribution in [1.82, 2.24) is 9.88 Å². The van der Waals surface area contributed by atoms with Crippen molar-refractivity contribution in [2.24, 2.45) is 5.92 Å². The molecule has 5 nitrogen and oxygen atoms in total. The van der Waals surface area contributed by atoms with Crippen LogP contribution in [0.2, 0.25) is 0 Å². The Balaban J connectivity index is 1.61. The van der Waals surface area contributed by atoms with Gasteiger partial charge in [-0.2, -0.15) is 0 Å². The minimum absolute atomic E-state index is 0.167. The molecular formula is C19H26N2O3. The maximum atomic E-state index is 9.75. The number of aromatic nitrogens is 1. The van der Waals surface area contributed by atoms with E-state index >= 15 is 0 Å². The lowest BCUT2D eigenvalue weighted by atomic mass is 9.72. The summed E-state index contributed by atoms with van der Waals surface area (Å²) in [5.41, 5.74) is 4.03. The first kappa shape index (κ1) is 16.1. The van der Waals surface area contributed by atoms with Gasteiger partial charge in [0.25, 0.3) is 0 Å². The summed E-state index contributed by atoms with van der Waals surface area (Å²) in [7, 11) is 0. The van der Waals surface area contributed by atoms with E-state index in [4.69, 9.17) is 9.84 Å². The molecule has 2 heterocycles. The van der Waals surface area contributed by atoms with Gasteiger partial charge < -0.3 is 19.9 Å². The van der Waals surface area contributed by atoms with E-state index in [0.717, 1.165) is 19.4 Å². The van der Waals surface area contributed by atoms with Gasteiger partial charge in [0.1, 0.15) is 0 Å². The van der Waals surface area contributed by atoms with E-state index in [1.807, 2.05) is 0 Å². The average molecular weight is 330 g/mol. The number of H-pyrrole nitrogens is 1. The van der Waals surface area contributed by atoms with Gasteiger partial charge in [-0.3, -0.25) is 4.90 Å². The minimum atomic E-state index is 0.167. The molecule has 1 aliphatic heterocycles. The van der Waals surface area contributed by atoms with Gasteiger partial charge in [-0.25, -0.2) is 0 Å². The number of fused-ring (bicyclic) bond motifs is 2. The fourth-order valence-electron chi connectivity index (χ4n) is 4.53. The summed E-state index contributed by atoms with van der Waals surface area (Å²) in [6.07, 6.45) is 4.89. The first-order chi connectivity index (χ1) is 11.8. The second-order valence-electron chi connectivity index (χ2n) is 7.13. The van der Waals surface area contributed by atoms with E-state index in [0.29, 0.717) is 37.6 Å². The molecule has 1 saturated heterocycles. The lowest BCUT2D eigenvalue weighted by Gasteiger charge is -2.46. The lowest BCUT2D eigenvalue weighted by molar-refractivity contribution is -0.0412. The molecule has 2 aliphatic rings. The maximum Gasteiger partial charge on any atom is 0.0993 e. The number of nitrogens with zero attached hydrogens (tertiary/aromatic N) is 1. The molecule has 1 fully saturated rings. The van der Waals surface area contributed by atoms with Gasteiger partial charge in [0.2, 0.25) is 0 Å². The molecule has 1 unspecified atom stereocenters. The molecule has 3 atom stereocenters. The van der Waals surface area contributed by atoms with Crippen LogP contribution < -0.4 is 0 Å². The van der Waals surface area contributed by atoms with Gasteiger partial charge in [0.05, 0.1) is 13.3 Å². The van der Waals surface area contributed by atoms with Crippen LogP contribution >= 0.6 is 0 Å². The Kier molecular flexibility index (Phi) is 4.59.